The third-order valence-electron chi connectivity index (χ3n) is 5.15. The van der Waals surface area contributed by atoms with Crippen molar-refractivity contribution in [3.05, 3.63) is 53.6 Å². The summed E-state index contributed by atoms with van der Waals surface area (Å²) in [6.45, 7) is 2.83. The molecule has 1 heterocycles. The number of ether oxygens (including phenoxy) is 1. The van der Waals surface area contributed by atoms with E-state index in [0.717, 1.165) is 19.3 Å². The van der Waals surface area contributed by atoms with E-state index in [1.54, 1.807) is 37.3 Å². The predicted octanol–water partition coefficient (Wildman–Crippen LogP) is 2.68. The van der Waals surface area contributed by atoms with Crippen LogP contribution in [-0.4, -0.2) is 44.2 Å². The summed E-state index contributed by atoms with van der Waals surface area (Å²) in [6.07, 6.45) is 2.75. The quantitative estimate of drug-likeness (QED) is 0.647. The molecule has 1 saturated heterocycles. The van der Waals surface area contributed by atoms with Crippen molar-refractivity contribution < 1.29 is 22.7 Å². The predicted molar refractivity (Wildman–Crippen MR) is 117 cm³/mol. The Morgan fingerprint density at radius 1 is 1.10 bits per heavy atom. The van der Waals surface area contributed by atoms with Gasteiger partial charge in [0.05, 0.1) is 23.6 Å². The molecule has 3 N–H and O–H groups in total. The van der Waals surface area contributed by atoms with Crippen LogP contribution in [0, 0.1) is 6.92 Å². The van der Waals surface area contributed by atoms with Crippen LogP contribution in [0.4, 0.5) is 5.69 Å². The average Bonchev–Trinajstić information content (AvgIpc) is 2.75. The Labute approximate surface area is 182 Å². The summed E-state index contributed by atoms with van der Waals surface area (Å²) in [5.41, 5.74) is 6.47. The number of para-hydroxylation sites is 2. The van der Waals surface area contributed by atoms with Crippen molar-refractivity contribution in [3.8, 4) is 5.75 Å². The minimum absolute atomic E-state index is 0.0534. The molecule has 0 radical (unpaired) electrons. The molecule has 8 nitrogen and oxygen atoms in total. The van der Waals surface area contributed by atoms with Gasteiger partial charge in [0.2, 0.25) is 15.9 Å². The highest BCUT2D eigenvalue weighted by Crippen LogP contribution is 2.27. The van der Waals surface area contributed by atoms with Crippen LogP contribution in [-0.2, 0) is 14.8 Å². The largest absolute Gasteiger partial charge is 0.491 e. The molecule has 0 atom stereocenters. The second-order valence-corrected chi connectivity index (χ2v) is 9.39. The topological polar surface area (TPSA) is 119 Å². The zero-order chi connectivity index (χ0) is 22.4. The molecule has 1 aliphatic heterocycles. The first kappa shape index (κ1) is 22.8. The maximum Gasteiger partial charge on any atom is 0.256 e. The highest BCUT2D eigenvalue weighted by Gasteiger charge is 2.27. The van der Waals surface area contributed by atoms with E-state index < -0.39 is 21.8 Å². The summed E-state index contributed by atoms with van der Waals surface area (Å²) in [5, 5.41) is 2.78. The number of sulfonamides is 1. The van der Waals surface area contributed by atoms with Crippen LogP contribution in [0.25, 0.3) is 0 Å². The molecule has 3 rings (SSSR count). The van der Waals surface area contributed by atoms with Gasteiger partial charge in [-0.3, -0.25) is 9.59 Å². The molecule has 9 heteroatoms. The van der Waals surface area contributed by atoms with Gasteiger partial charge < -0.3 is 15.8 Å². The maximum absolute atomic E-state index is 13.0. The second-order valence-electron chi connectivity index (χ2n) is 7.46. The van der Waals surface area contributed by atoms with E-state index in [2.05, 4.69) is 5.32 Å². The lowest BCUT2D eigenvalue weighted by Gasteiger charge is -2.26. The van der Waals surface area contributed by atoms with Gasteiger partial charge in [-0.15, -0.1) is 0 Å². The van der Waals surface area contributed by atoms with Crippen LogP contribution in [0.15, 0.2) is 47.4 Å². The SMILES string of the molecule is Cc1ccc(S(=O)(=O)N2CCCCC2)cc1C(=O)Nc1ccccc1OCCC(N)=O. The monoisotopic (exact) mass is 445 g/mol. The lowest BCUT2D eigenvalue weighted by atomic mass is 10.1. The summed E-state index contributed by atoms with van der Waals surface area (Å²) in [7, 11) is -3.65. The van der Waals surface area contributed by atoms with Gasteiger partial charge in [-0.05, 0) is 49.6 Å². The van der Waals surface area contributed by atoms with Crippen LogP contribution >= 0.6 is 0 Å². The number of anilines is 1. The minimum Gasteiger partial charge on any atom is -0.491 e. The van der Waals surface area contributed by atoms with Gasteiger partial charge in [-0.25, -0.2) is 8.42 Å². The van der Waals surface area contributed by atoms with Crippen molar-refractivity contribution in [2.75, 3.05) is 25.0 Å². The van der Waals surface area contributed by atoms with Crippen molar-refractivity contribution >= 4 is 27.5 Å². The minimum atomic E-state index is -3.65. The summed E-state index contributed by atoms with van der Waals surface area (Å²) in [6, 6.07) is 11.4. The lowest BCUT2D eigenvalue weighted by molar-refractivity contribution is -0.118. The Bertz CT molecular complexity index is 1060. The lowest BCUT2D eigenvalue weighted by Crippen LogP contribution is -2.35. The van der Waals surface area contributed by atoms with Crippen molar-refractivity contribution in [2.24, 2.45) is 5.73 Å². The summed E-state index contributed by atoms with van der Waals surface area (Å²) >= 11 is 0. The number of piperidine rings is 1. The molecule has 0 unspecified atom stereocenters. The van der Waals surface area contributed by atoms with Gasteiger partial charge in [0, 0.05) is 18.7 Å². The van der Waals surface area contributed by atoms with Crippen LogP contribution in [0.2, 0.25) is 0 Å². The number of hydrogen-bond donors (Lipinski definition) is 2. The van der Waals surface area contributed by atoms with E-state index in [9.17, 15) is 18.0 Å². The highest BCUT2D eigenvalue weighted by atomic mass is 32.2. The first-order valence-corrected chi connectivity index (χ1v) is 11.7. The van der Waals surface area contributed by atoms with Gasteiger partial charge in [0.25, 0.3) is 5.91 Å². The molecule has 166 valence electrons. The number of nitrogens with one attached hydrogen (secondary N) is 1. The Morgan fingerprint density at radius 3 is 2.52 bits per heavy atom. The fraction of sp³-hybridized carbons (Fsp3) is 0.364. The fourth-order valence-electron chi connectivity index (χ4n) is 3.41. The van der Waals surface area contributed by atoms with E-state index in [0.29, 0.717) is 30.1 Å². The molecule has 2 aromatic rings. The number of carbonyl (C=O) groups is 2. The molecule has 2 aromatic carbocycles. The normalized spacial score (nSPS) is 14.7. The molecule has 0 saturated carbocycles. The van der Waals surface area contributed by atoms with Crippen LogP contribution < -0.4 is 15.8 Å². The number of amides is 2. The first-order chi connectivity index (χ1) is 14.8. The smallest absolute Gasteiger partial charge is 0.256 e. The fourth-order valence-corrected chi connectivity index (χ4v) is 4.95. The van der Waals surface area contributed by atoms with Crippen LogP contribution in [0.3, 0.4) is 0 Å². The number of aryl methyl sites for hydroxylation is 1. The Kier molecular flexibility index (Phi) is 7.29. The number of hydrogen-bond acceptors (Lipinski definition) is 5. The van der Waals surface area contributed by atoms with Gasteiger partial charge in [-0.2, -0.15) is 4.31 Å². The number of primary amides is 1. The molecule has 0 aliphatic carbocycles. The molecule has 31 heavy (non-hydrogen) atoms. The second kappa shape index (κ2) is 9.93. The van der Waals surface area contributed by atoms with E-state index in [4.69, 9.17) is 10.5 Å². The zero-order valence-electron chi connectivity index (χ0n) is 17.5. The Hall–Kier alpha value is -2.91. The van der Waals surface area contributed by atoms with Gasteiger partial charge in [0.1, 0.15) is 5.75 Å². The maximum atomic E-state index is 13.0. The number of nitrogens with zero attached hydrogens (tertiary/aromatic N) is 1. The number of benzene rings is 2. The van der Waals surface area contributed by atoms with E-state index in [-0.39, 0.29) is 23.5 Å². The molecule has 2 amide bonds. The summed E-state index contributed by atoms with van der Waals surface area (Å²) in [4.78, 5) is 24.0. The number of rotatable bonds is 8. The molecule has 0 spiro atoms. The Balaban J connectivity index is 1.81. The third-order valence-corrected chi connectivity index (χ3v) is 7.04. The molecular weight excluding hydrogens is 418 g/mol. The van der Waals surface area contributed by atoms with E-state index in [1.807, 2.05) is 0 Å². The summed E-state index contributed by atoms with van der Waals surface area (Å²) < 4.78 is 33.0. The highest BCUT2D eigenvalue weighted by molar-refractivity contribution is 7.89. The molecular formula is C22H27N3O5S. The van der Waals surface area contributed by atoms with Gasteiger partial charge in [-0.1, -0.05) is 24.6 Å². The van der Waals surface area contributed by atoms with Gasteiger partial charge in [0.15, 0.2) is 0 Å². The van der Waals surface area contributed by atoms with Crippen molar-refractivity contribution in [1.82, 2.24) is 4.31 Å². The number of nitrogens with two attached hydrogens (primary N) is 1. The van der Waals surface area contributed by atoms with Gasteiger partial charge >= 0.3 is 0 Å². The van der Waals surface area contributed by atoms with E-state index >= 15 is 0 Å². The molecule has 0 aromatic heterocycles. The molecule has 0 bridgehead atoms. The van der Waals surface area contributed by atoms with Crippen molar-refractivity contribution in [2.45, 2.75) is 37.5 Å². The molecule has 1 fully saturated rings. The standard InChI is InChI=1S/C22H27N3O5S/c1-16-9-10-17(31(28,29)25-12-5-2-6-13-25)15-18(16)22(27)24-19-7-3-4-8-20(19)30-14-11-21(23)26/h3-4,7-10,15H,2,5-6,11-14H2,1H3,(H2,23,26)(H,24,27). The number of carbonyl (C=O) groups excluding carboxylic acids is 2. The van der Waals surface area contributed by atoms with Crippen molar-refractivity contribution in [1.29, 1.82) is 0 Å². The third kappa shape index (κ3) is 5.62. The van der Waals surface area contributed by atoms with E-state index in [1.165, 1.54) is 16.4 Å². The Morgan fingerprint density at radius 2 is 1.81 bits per heavy atom. The summed E-state index contributed by atoms with van der Waals surface area (Å²) in [5.74, 6) is -0.533. The zero-order valence-corrected chi connectivity index (χ0v) is 18.3. The average molecular weight is 446 g/mol. The van der Waals surface area contributed by atoms with Crippen LogP contribution in [0.1, 0.15) is 41.6 Å². The molecule has 1 aliphatic rings. The van der Waals surface area contributed by atoms with Crippen LogP contribution in [0.5, 0.6) is 5.75 Å². The van der Waals surface area contributed by atoms with Crippen molar-refractivity contribution in [3.63, 3.8) is 0 Å². The first-order valence-electron chi connectivity index (χ1n) is 10.2.